The summed E-state index contributed by atoms with van der Waals surface area (Å²) < 4.78 is 1.25. The molecule has 66 valence electrons. The molecule has 0 aliphatic rings. The van der Waals surface area contributed by atoms with E-state index in [9.17, 15) is 0 Å². The van der Waals surface area contributed by atoms with Crippen LogP contribution in [0, 0.1) is 3.57 Å². The van der Waals surface area contributed by atoms with Gasteiger partial charge in [0.2, 0.25) is 0 Å². The summed E-state index contributed by atoms with van der Waals surface area (Å²) in [6.07, 6.45) is 5.50. The molecule has 1 aromatic carbocycles. The molecule has 0 saturated carbocycles. The van der Waals surface area contributed by atoms with Gasteiger partial charge in [0, 0.05) is 20.0 Å². The second-order valence-corrected chi connectivity index (χ2v) is 4.58. The van der Waals surface area contributed by atoms with Crippen molar-refractivity contribution in [3.8, 4) is 0 Å². The minimum atomic E-state index is 1.01. The van der Waals surface area contributed by atoms with Crippen LogP contribution >= 0.6 is 34.4 Å². The molecule has 0 unspecified atom stereocenters. The Morgan fingerprint density at radius 2 is 2.23 bits per heavy atom. The summed E-state index contributed by atoms with van der Waals surface area (Å²) in [4.78, 5) is 9.47. The van der Waals surface area contributed by atoms with Crippen LogP contribution in [-0.4, -0.2) is 16.2 Å². The predicted octanol–water partition coefficient (Wildman–Crippen LogP) is 2.96. The Balaban J connectivity index is 2.74. The lowest BCUT2D eigenvalue weighted by Gasteiger charge is -2.02. The van der Waals surface area contributed by atoms with E-state index in [1.807, 2.05) is 6.20 Å². The minimum Gasteiger partial charge on any atom is -0.244 e. The van der Waals surface area contributed by atoms with Crippen LogP contribution in [0.1, 0.15) is 0 Å². The number of fused-ring (bicyclic) bond motifs is 1. The summed E-state index contributed by atoms with van der Waals surface area (Å²) in [6.45, 7) is 0. The molecule has 2 aromatic rings. The Bertz CT molecular complexity index is 445. The second-order valence-electron chi connectivity index (χ2n) is 2.57. The van der Waals surface area contributed by atoms with Crippen molar-refractivity contribution in [3.63, 3.8) is 0 Å². The number of aromatic nitrogens is 2. The highest BCUT2D eigenvalue weighted by Crippen LogP contribution is 2.26. The molecule has 0 radical (unpaired) electrons. The molecule has 0 spiro atoms. The summed E-state index contributed by atoms with van der Waals surface area (Å²) in [5, 5.41) is 1.10. The number of halogens is 1. The molecule has 0 N–H and O–H groups in total. The van der Waals surface area contributed by atoms with Crippen molar-refractivity contribution < 1.29 is 0 Å². The fraction of sp³-hybridized carbons (Fsp3) is 0.111. The summed E-state index contributed by atoms with van der Waals surface area (Å²) in [7, 11) is 0. The molecule has 0 amide bonds. The average molecular weight is 302 g/mol. The van der Waals surface area contributed by atoms with Gasteiger partial charge in [0.1, 0.15) is 6.33 Å². The third kappa shape index (κ3) is 1.78. The third-order valence-corrected chi connectivity index (χ3v) is 3.81. The van der Waals surface area contributed by atoms with Gasteiger partial charge in [0.25, 0.3) is 0 Å². The predicted molar refractivity (Wildman–Crippen MR) is 64.0 cm³/mol. The summed E-state index contributed by atoms with van der Waals surface area (Å²) in [6, 6.07) is 4.21. The van der Waals surface area contributed by atoms with Crippen molar-refractivity contribution in [1.82, 2.24) is 9.97 Å². The van der Waals surface area contributed by atoms with Gasteiger partial charge < -0.3 is 0 Å². The first kappa shape index (κ1) is 9.21. The van der Waals surface area contributed by atoms with E-state index in [1.165, 1.54) is 8.47 Å². The molecule has 0 atom stereocenters. The third-order valence-electron chi connectivity index (χ3n) is 1.78. The number of hydrogen-bond acceptors (Lipinski definition) is 3. The lowest BCUT2D eigenvalue weighted by atomic mass is 10.2. The van der Waals surface area contributed by atoms with Gasteiger partial charge in [-0.1, -0.05) is 0 Å². The van der Waals surface area contributed by atoms with E-state index in [4.69, 9.17) is 0 Å². The Morgan fingerprint density at radius 1 is 1.38 bits per heavy atom. The van der Waals surface area contributed by atoms with Gasteiger partial charge in [-0.3, -0.25) is 0 Å². The second kappa shape index (κ2) is 3.79. The molecule has 1 aromatic heterocycles. The van der Waals surface area contributed by atoms with Gasteiger partial charge in [-0.15, -0.1) is 11.8 Å². The lowest BCUT2D eigenvalue weighted by Crippen LogP contribution is -1.84. The Hall–Kier alpha value is -0.360. The summed E-state index contributed by atoms with van der Waals surface area (Å²) >= 11 is 4.07. The first-order chi connectivity index (χ1) is 6.31. The maximum Gasteiger partial charge on any atom is 0.116 e. The smallest absolute Gasteiger partial charge is 0.116 e. The highest BCUT2D eigenvalue weighted by atomic mass is 127. The Kier molecular flexibility index (Phi) is 2.69. The van der Waals surface area contributed by atoms with Crippen LogP contribution in [0.15, 0.2) is 29.6 Å². The Labute approximate surface area is 94.3 Å². The molecule has 0 saturated heterocycles. The van der Waals surface area contributed by atoms with Crippen LogP contribution in [0.5, 0.6) is 0 Å². The quantitative estimate of drug-likeness (QED) is 0.598. The Morgan fingerprint density at radius 3 is 3.00 bits per heavy atom. The average Bonchev–Trinajstić information content (AvgIpc) is 2.17. The fourth-order valence-electron chi connectivity index (χ4n) is 1.14. The molecule has 0 bridgehead atoms. The number of benzene rings is 1. The van der Waals surface area contributed by atoms with E-state index < -0.39 is 0 Å². The highest BCUT2D eigenvalue weighted by molar-refractivity contribution is 14.1. The van der Waals surface area contributed by atoms with Crippen LogP contribution in [0.2, 0.25) is 0 Å². The number of hydrogen-bond donors (Lipinski definition) is 0. The van der Waals surface area contributed by atoms with E-state index in [2.05, 4.69) is 50.9 Å². The molecule has 0 aliphatic heterocycles. The molecule has 4 heteroatoms. The van der Waals surface area contributed by atoms with E-state index in [0.29, 0.717) is 0 Å². The highest BCUT2D eigenvalue weighted by Gasteiger charge is 2.01. The van der Waals surface area contributed by atoms with E-state index in [0.717, 1.165) is 10.9 Å². The van der Waals surface area contributed by atoms with Gasteiger partial charge in [0.15, 0.2) is 0 Å². The largest absolute Gasteiger partial charge is 0.244 e. The zero-order valence-corrected chi connectivity index (χ0v) is 9.96. The van der Waals surface area contributed by atoms with E-state index >= 15 is 0 Å². The van der Waals surface area contributed by atoms with E-state index in [1.54, 1.807) is 18.1 Å². The van der Waals surface area contributed by atoms with Crippen molar-refractivity contribution in [2.45, 2.75) is 4.90 Å². The van der Waals surface area contributed by atoms with Crippen molar-refractivity contribution in [1.29, 1.82) is 0 Å². The standard InChI is InChI=1S/C9H7IN2S/c1-13-9-2-6-4-11-5-12-8(6)3-7(9)10/h2-5H,1H3. The molecular formula is C9H7IN2S. The van der Waals surface area contributed by atoms with Gasteiger partial charge in [0.05, 0.1) is 5.52 Å². The summed E-state index contributed by atoms with van der Waals surface area (Å²) in [5.74, 6) is 0. The van der Waals surface area contributed by atoms with Crippen LogP contribution in [-0.2, 0) is 0 Å². The van der Waals surface area contributed by atoms with Crippen molar-refractivity contribution >= 4 is 45.3 Å². The van der Waals surface area contributed by atoms with Gasteiger partial charge in [-0.25, -0.2) is 9.97 Å². The topological polar surface area (TPSA) is 25.8 Å². The normalized spacial score (nSPS) is 10.6. The number of nitrogens with zero attached hydrogens (tertiary/aromatic N) is 2. The van der Waals surface area contributed by atoms with Crippen LogP contribution < -0.4 is 0 Å². The maximum absolute atomic E-state index is 4.19. The molecule has 0 aliphatic carbocycles. The molecule has 13 heavy (non-hydrogen) atoms. The number of rotatable bonds is 1. The van der Waals surface area contributed by atoms with E-state index in [-0.39, 0.29) is 0 Å². The van der Waals surface area contributed by atoms with Gasteiger partial charge in [-0.05, 0) is 41.0 Å². The van der Waals surface area contributed by atoms with Crippen LogP contribution in [0.4, 0.5) is 0 Å². The molecule has 0 fully saturated rings. The maximum atomic E-state index is 4.19. The van der Waals surface area contributed by atoms with Crippen molar-refractivity contribution in [3.05, 3.63) is 28.2 Å². The summed E-state index contributed by atoms with van der Waals surface area (Å²) in [5.41, 5.74) is 1.01. The van der Waals surface area contributed by atoms with Crippen LogP contribution in [0.25, 0.3) is 10.9 Å². The van der Waals surface area contributed by atoms with Crippen LogP contribution in [0.3, 0.4) is 0 Å². The molecule has 2 nitrogen and oxygen atoms in total. The van der Waals surface area contributed by atoms with Crippen molar-refractivity contribution in [2.24, 2.45) is 0 Å². The lowest BCUT2D eigenvalue weighted by molar-refractivity contribution is 1.21. The zero-order chi connectivity index (χ0) is 9.26. The van der Waals surface area contributed by atoms with Crippen molar-refractivity contribution in [2.75, 3.05) is 6.26 Å². The van der Waals surface area contributed by atoms with Gasteiger partial charge >= 0.3 is 0 Å². The zero-order valence-electron chi connectivity index (χ0n) is 6.99. The fourth-order valence-corrected chi connectivity index (χ4v) is 2.75. The minimum absolute atomic E-state index is 1.01. The first-order valence-corrected chi connectivity index (χ1v) is 6.05. The molecule has 1 heterocycles. The first-order valence-electron chi connectivity index (χ1n) is 3.74. The SMILES string of the molecule is CSc1cc2cncnc2cc1I. The van der Waals surface area contributed by atoms with Gasteiger partial charge in [-0.2, -0.15) is 0 Å². The molecular weight excluding hydrogens is 295 g/mol. The molecule has 2 rings (SSSR count). The monoisotopic (exact) mass is 302 g/mol. The number of thioether (sulfide) groups is 1.